The zero-order valence-corrected chi connectivity index (χ0v) is 13.0. The summed E-state index contributed by atoms with van der Waals surface area (Å²) in [6.07, 6.45) is 1.09. The molecule has 1 rings (SSSR count). The molecule has 96 valence electrons. The Labute approximate surface area is 111 Å². The van der Waals surface area contributed by atoms with Crippen LogP contribution < -0.4 is 0 Å². The van der Waals surface area contributed by atoms with Gasteiger partial charge < -0.3 is 0 Å². The minimum atomic E-state index is 0.0890. The molecule has 1 atom stereocenters. The quantitative estimate of drug-likeness (QED) is 0.611. The maximum Gasteiger partial charge on any atom is 0.0641 e. The summed E-state index contributed by atoms with van der Waals surface area (Å²) >= 11 is 6.75. The highest BCUT2D eigenvalue weighted by Gasteiger charge is 2.30. The molecule has 0 bridgehead atoms. The summed E-state index contributed by atoms with van der Waals surface area (Å²) in [5.74, 6) is 0. The summed E-state index contributed by atoms with van der Waals surface area (Å²) in [7, 11) is 0. The molecule has 0 fully saturated rings. The SMILES string of the molecule is CCC(C)(C)C(Cl)c1c(C)c(C)cc(C)c1C. The number of hydrogen-bond donors (Lipinski definition) is 0. The van der Waals surface area contributed by atoms with Crippen LogP contribution in [0.15, 0.2) is 6.07 Å². The van der Waals surface area contributed by atoms with E-state index in [0.717, 1.165) is 6.42 Å². The minimum absolute atomic E-state index is 0.0890. The fourth-order valence-electron chi connectivity index (χ4n) is 2.20. The third-order valence-corrected chi connectivity index (χ3v) is 5.08. The molecule has 1 heteroatoms. The van der Waals surface area contributed by atoms with Crippen LogP contribution in [0, 0.1) is 33.1 Å². The van der Waals surface area contributed by atoms with Crippen LogP contribution in [-0.2, 0) is 0 Å². The maximum atomic E-state index is 6.75. The average molecular weight is 253 g/mol. The van der Waals surface area contributed by atoms with Gasteiger partial charge in [-0.15, -0.1) is 11.6 Å². The molecule has 0 aliphatic carbocycles. The Bertz CT molecular complexity index is 390. The van der Waals surface area contributed by atoms with Crippen molar-refractivity contribution in [2.45, 2.75) is 60.3 Å². The molecule has 17 heavy (non-hydrogen) atoms. The Morgan fingerprint density at radius 3 is 1.82 bits per heavy atom. The van der Waals surface area contributed by atoms with E-state index in [-0.39, 0.29) is 10.8 Å². The van der Waals surface area contributed by atoms with Gasteiger partial charge in [-0.2, -0.15) is 0 Å². The van der Waals surface area contributed by atoms with E-state index in [4.69, 9.17) is 11.6 Å². The fourth-order valence-corrected chi connectivity index (χ4v) is 2.68. The highest BCUT2D eigenvalue weighted by atomic mass is 35.5. The third kappa shape index (κ3) is 2.68. The van der Waals surface area contributed by atoms with Gasteiger partial charge in [0.05, 0.1) is 5.38 Å². The molecule has 0 saturated heterocycles. The van der Waals surface area contributed by atoms with Crippen molar-refractivity contribution in [1.82, 2.24) is 0 Å². The summed E-state index contributed by atoms with van der Waals surface area (Å²) in [4.78, 5) is 0. The van der Waals surface area contributed by atoms with Crippen LogP contribution in [-0.4, -0.2) is 0 Å². The Hall–Kier alpha value is -0.490. The third-order valence-electron chi connectivity index (χ3n) is 4.27. The molecule has 0 aliphatic rings. The lowest BCUT2D eigenvalue weighted by atomic mass is 9.78. The highest BCUT2D eigenvalue weighted by molar-refractivity contribution is 6.21. The first-order valence-corrected chi connectivity index (χ1v) is 6.87. The smallest absolute Gasteiger partial charge is 0.0641 e. The summed E-state index contributed by atoms with van der Waals surface area (Å²) < 4.78 is 0. The largest absolute Gasteiger partial charge is 0.117 e. The molecule has 0 heterocycles. The van der Waals surface area contributed by atoms with Crippen LogP contribution >= 0.6 is 11.6 Å². The van der Waals surface area contributed by atoms with E-state index in [1.807, 2.05) is 0 Å². The maximum absolute atomic E-state index is 6.75. The number of alkyl halides is 1. The zero-order valence-electron chi connectivity index (χ0n) is 12.2. The Morgan fingerprint density at radius 1 is 1.06 bits per heavy atom. The van der Waals surface area contributed by atoms with Gasteiger partial charge >= 0.3 is 0 Å². The second kappa shape index (κ2) is 5.02. The number of benzene rings is 1. The molecular formula is C16H25Cl. The van der Waals surface area contributed by atoms with Crippen molar-refractivity contribution >= 4 is 11.6 Å². The fraction of sp³-hybridized carbons (Fsp3) is 0.625. The lowest BCUT2D eigenvalue weighted by Gasteiger charge is -2.32. The van der Waals surface area contributed by atoms with E-state index in [0.29, 0.717) is 0 Å². The van der Waals surface area contributed by atoms with Crippen molar-refractivity contribution in [3.63, 3.8) is 0 Å². The van der Waals surface area contributed by atoms with Crippen molar-refractivity contribution in [2.75, 3.05) is 0 Å². The van der Waals surface area contributed by atoms with E-state index in [1.165, 1.54) is 27.8 Å². The molecule has 0 N–H and O–H groups in total. The second-order valence-electron chi connectivity index (χ2n) is 5.88. The van der Waals surface area contributed by atoms with E-state index in [1.54, 1.807) is 0 Å². The highest BCUT2D eigenvalue weighted by Crippen LogP contribution is 2.44. The van der Waals surface area contributed by atoms with Gasteiger partial charge in [-0.05, 0) is 67.3 Å². The topological polar surface area (TPSA) is 0 Å². The normalized spacial score (nSPS) is 13.9. The first-order valence-electron chi connectivity index (χ1n) is 6.43. The molecule has 1 aromatic carbocycles. The number of rotatable bonds is 3. The van der Waals surface area contributed by atoms with E-state index < -0.39 is 0 Å². The molecule has 0 aromatic heterocycles. The van der Waals surface area contributed by atoms with Gasteiger partial charge in [0.1, 0.15) is 0 Å². The molecular weight excluding hydrogens is 228 g/mol. The molecule has 0 amide bonds. The van der Waals surface area contributed by atoms with Crippen molar-refractivity contribution in [1.29, 1.82) is 0 Å². The number of halogens is 1. The first kappa shape index (κ1) is 14.6. The predicted octanol–water partition coefficient (Wildman–Crippen LogP) is 5.64. The standard InChI is InChI=1S/C16H25Cl/c1-8-16(6,7)15(17)14-12(4)10(2)9-11(3)13(14)5/h9,15H,8H2,1-7H3. The molecule has 1 aromatic rings. The Balaban J connectivity index is 3.41. The van der Waals surface area contributed by atoms with Crippen LogP contribution in [0.25, 0.3) is 0 Å². The van der Waals surface area contributed by atoms with Gasteiger partial charge in [0, 0.05) is 0 Å². The van der Waals surface area contributed by atoms with Crippen LogP contribution in [0.5, 0.6) is 0 Å². The van der Waals surface area contributed by atoms with Crippen LogP contribution in [0.3, 0.4) is 0 Å². The molecule has 1 unspecified atom stereocenters. The van der Waals surface area contributed by atoms with E-state index in [9.17, 15) is 0 Å². The Kier molecular flexibility index (Phi) is 4.30. The van der Waals surface area contributed by atoms with Crippen molar-refractivity contribution < 1.29 is 0 Å². The second-order valence-corrected chi connectivity index (χ2v) is 6.32. The first-order chi connectivity index (χ1) is 7.72. The van der Waals surface area contributed by atoms with Crippen LogP contribution in [0.1, 0.15) is 60.4 Å². The summed E-state index contributed by atoms with van der Waals surface area (Å²) in [6.45, 7) is 15.4. The summed E-state index contributed by atoms with van der Waals surface area (Å²) in [5, 5.41) is 0.0890. The molecule has 0 spiro atoms. The van der Waals surface area contributed by atoms with Gasteiger partial charge in [-0.25, -0.2) is 0 Å². The van der Waals surface area contributed by atoms with Gasteiger partial charge in [-0.3, -0.25) is 0 Å². The predicted molar refractivity (Wildman–Crippen MR) is 78.1 cm³/mol. The zero-order chi connectivity index (χ0) is 13.4. The van der Waals surface area contributed by atoms with E-state index in [2.05, 4.69) is 54.5 Å². The minimum Gasteiger partial charge on any atom is -0.117 e. The molecule has 0 aliphatic heterocycles. The number of aryl methyl sites for hydroxylation is 2. The van der Waals surface area contributed by atoms with Crippen molar-refractivity contribution in [3.8, 4) is 0 Å². The average Bonchev–Trinajstić information content (AvgIpc) is 2.26. The van der Waals surface area contributed by atoms with Crippen LogP contribution in [0.2, 0.25) is 0 Å². The lowest BCUT2D eigenvalue weighted by Crippen LogP contribution is -2.19. The van der Waals surface area contributed by atoms with Gasteiger partial charge in [0.2, 0.25) is 0 Å². The van der Waals surface area contributed by atoms with Gasteiger partial charge in [0.15, 0.2) is 0 Å². The van der Waals surface area contributed by atoms with Gasteiger partial charge in [-0.1, -0.05) is 26.8 Å². The summed E-state index contributed by atoms with van der Waals surface area (Å²) in [5.41, 5.74) is 6.89. The molecule has 0 radical (unpaired) electrons. The molecule has 0 nitrogen and oxygen atoms in total. The van der Waals surface area contributed by atoms with Crippen LogP contribution in [0.4, 0.5) is 0 Å². The van der Waals surface area contributed by atoms with Gasteiger partial charge in [0.25, 0.3) is 0 Å². The van der Waals surface area contributed by atoms with Crippen molar-refractivity contribution in [3.05, 3.63) is 33.9 Å². The Morgan fingerprint density at radius 2 is 1.47 bits per heavy atom. The lowest BCUT2D eigenvalue weighted by molar-refractivity contribution is 0.335. The molecule has 0 saturated carbocycles. The monoisotopic (exact) mass is 252 g/mol. The number of hydrogen-bond acceptors (Lipinski definition) is 0. The summed E-state index contributed by atoms with van der Waals surface area (Å²) in [6, 6.07) is 2.26. The van der Waals surface area contributed by atoms with E-state index >= 15 is 0 Å². The van der Waals surface area contributed by atoms with Crippen molar-refractivity contribution in [2.24, 2.45) is 5.41 Å².